The predicted molar refractivity (Wildman–Crippen MR) is 160 cm³/mol. The quantitative estimate of drug-likeness (QED) is 0.504. The van der Waals surface area contributed by atoms with Gasteiger partial charge >= 0.3 is 6.02 Å². The van der Waals surface area contributed by atoms with Crippen molar-refractivity contribution in [3.8, 4) is 0 Å². The standard InChI is InChI=1S/C34H38FN5O2/c1-2-28(41)39-15-10-26-27(39)18-40(26)32-24-9-8-23(22-7-3-6-20-16-21-17-25(21)29(20)22)30(35)31(24)36-33(37-32)42-19-34-11-4-13-38(34)14-5-12-34/h2-3,6-9,21,24-27,31H,1,4-5,10-19H2/t21?,24?,25?,26-,27-,31?/m1/s1. The number of fused-ring (bicyclic) bond motifs is 6. The van der Waals surface area contributed by atoms with Gasteiger partial charge in [0.25, 0.3) is 0 Å². The topological polar surface area (TPSA) is 60.7 Å². The normalized spacial score (nSPS) is 35.1. The van der Waals surface area contributed by atoms with Gasteiger partial charge in [0.15, 0.2) is 0 Å². The Kier molecular flexibility index (Phi) is 5.48. The molecular weight excluding hydrogens is 529 g/mol. The van der Waals surface area contributed by atoms with Crippen molar-refractivity contribution in [3.63, 3.8) is 0 Å². The van der Waals surface area contributed by atoms with Crippen molar-refractivity contribution in [1.29, 1.82) is 0 Å². The van der Waals surface area contributed by atoms with E-state index >= 15 is 4.39 Å². The lowest BCUT2D eigenvalue weighted by atomic mass is 9.82. The lowest BCUT2D eigenvalue weighted by Crippen LogP contribution is -2.66. The predicted octanol–water partition coefficient (Wildman–Crippen LogP) is 4.47. The monoisotopic (exact) mass is 567 g/mol. The Bertz CT molecular complexity index is 1500. The van der Waals surface area contributed by atoms with Gasteiger partial charge in [-0.2, -0.15) is 4.99 Å². The molecule has 0 aromatic heterocycles. The van der Waals surface area contributed by atoms with Gasteiger partial charge in [0.2, 0.25) is 5.91 Å². The number of benzene rings is 1. The summed E-state index contributed by atoms with van der Waals surface area (Å²) in [5.74, 6) is 1.66. The van der Waals surface area contributed by atoms with E-state index < -0.39 is 6.04 Å². The summed E-state index contributed by atoms with van der Waals surface area (Å²) in [6.07, 6.45) is 13.4. The van der Waals surface area contributed by atoms with E-state index in [4.69, 9.17) is 14.7 Å². The van der Waals surface area contributed by atoms with Crippen LogP contribution in [0.25, 0.3) is 5.57 Å². The number of halogens is 1. The number of amidine groups is 2. The fourth-order valence-electron chi connectivity index (χ4n) is 9.44. The van der Waals surface area contributed by atoms with Crippen molar-refractivity contribution in [2.45, 2.75) is 74.5 Å². The summed E-state index contributed by atoms with van der Waals surface area (Å²) in [6, 6.07) is 6.33. The highest BCUT2D eigenvalue weighted by Gasteiger charge is 2.53. The Morgan fingerprint density at radius 2 is 2.05 bits per heavy atom. The first-order valence-electron chi connectivity index (χ1n) is 16.0. The molecule has 0 radical (unpaired) electrons. The van der Waals surface area contributed by atoms with Crippen LogP contribution < -0.4 is 0 Å². The average molecular weight is 568 g/mol. The number of amides is 1. The van der Waals surface area contributed by atoms with Crippen LogP contribution in [0.2, 0.25) is 0 Å². The first-order valence-corrected chi connectivity index (χ1v) is 16.0. The molecule has 6 atom stereocenters. The largest absolute Gasteiger partial charge is 0.462 e. The number of carbonyl (C=O) groups excluding carboxylic acids is 1. The zero-order valence-corrected chi connectivity index (χ0v) is 24.1. The number of aliphatic imine (C=N–C) groups is 2. The molecule has 8 aliphatic rings. The maximum Gasteiger partial charge on any atom is 0.314 e. The SMILES string of the molecule is C=CC(=O)N1CC[C@@H]2[C@H]1CN2C1=NC(OCC23CCCN2CCC3)=NC2C(F)=C(c3cccc4c3C3CC3C4)C=CC12. The summed E-state index contributed by atoms with van der Waals surface area (Å²) in [5, 5.41) is 0. The molecular formula is C34H38FN5O2. The fraction of sp³-hybridized carbons (Fsp3) is 0.559. The van der Waals surface area contributed by atoms with Gasteiger partial charge < -0.3 is 14.5 Å². The number of nitrogens with zero attached hydrogens (tertiary/aromatic N) is 5. The first kappa shape index (κ1) is 25.3. The van der Waals surface area contributed by atoms with E-state index in [9.17, 15) is 4.79 Å². The Balaban J connectivity index is 1.05. The third-order valence-corrected chi connectivity index (χ3v) is 11.7. The highest BCUT2D eigenvalue weighted by molar-refractivity contribution is 6.01. The number of hydrogen-bond donors (Lipinski definition) is 0. The van der Waals surface area contributed by atoms with Gasteiger partial charge in [-0.1, -0.05) is 36.9 Å². The summed E-state index contributed by atoms with van der Waals surface area (Å²) < 4.78 is 23.2. The average Bonchev–Trinajstić information content (AvgIpc) is 3.28. The summed E-state index contributed by atoms with van der Waals surface area (Å²) in [4.78, 5) is 29.1. The molecule has 5 aliphatic heterocycles. The molecule has 1 saturated carbocycles. The Hall–Kier alpha value is -3.26. The second kappa shape index (κ2) is 9.12. The molecule has 9 rings (SSSR count). The van der Waals surface area contributed by atoms with E-state index in [-0.39, 0.29) is 35.3 Å². The molecule has 4 unspecified atom stereocenters. The zero-order valence-electron chi connectivity index (χ0n) is 24.1. The van der Waals surface area contributed by atoms with Gasteiger partial charge in [-0.05, 0) is 92.6 Å². The molecule has 7 nitrogen and oxygen atoms in total. The summed E-state index contributed by atoms with van der Waals surface area (Å²) in [6.45, 7) is 7.89. The molecule has 3 aliphatic carbocycles. The van der Waals surface area contributed by atoms with Crippen LogP contribution in [0.15, 0.2) is 58.8 Å². The minimum atomic E-state index is -0.688. The van der Waals surface area contributed by atoms with E-state index in [0.717, 1.165) is 56.1 Å². The number of carbonyl (C=O) groups is 1. The molecule has 1 aromatic carbocycles. The Morgan fingerprint density at radius 1 is 1.19 bits per heavy atom. The van der Waals surface area contributed by atoms with Crippen molar-refractivity contribution >= 4 is 23.3 Å². The molecule has 4 saturated heterocycles. The first-order chi connectivity index (χ1) is 20.5. The van der Waals surface area contributed by atoms with Crippen LogP contribution in [0.4, 0.5) is 4.39 Å². The molecule has 5 heterocycles. The molecule has 42 heavy (non-hydrogen) atoms. The minimum absolute atomic E-state index is 0.0161. The molecule has 5 fully saturated rings. The summed E-state index contributed by atoms with van der Waals surface area (Å²) in [5.41, 5.74) is 4.51. The van der Waals surface area contributed by atoms with Gasteiger partial charge in [-0.25, -0.2) is 9.38 Å². The molecule has 1 aromatic rings. The highest BCUT2D eigenvalue weighted by Crippen LogP contribution is 2.58. The molecule has 218 valence electrons. The smallest absolute Gasteiger partial charge is 0.314 e. The number of ether oxygens (including phenoxy) is 1. The zero-order chi connectivity index (χ0) is 28.2. The van der Waals surface area contributed by atoms with Crippen LogP contribution in [0.3, 0.4) is 0 Å². The van der Waals surface area contributed by atoms with Crippen molar-refractivity contribution in [3.05, 3.63) is 65.5 Å². The van der Waals surface area contributed by atoms with Gasteiger partial charge in [-0.3, -0.25) is 9.69 Å². The van der Waals surface area contributed by atoms with Gasteiger partial charge in [0.05, 0.1) is 23.5 Å². The fourth-order valence-corrected chi connectivity index (χ4v) is 9.44. The maximum atomic E-state index is 16.8. The lowest BCUT2D eigenvalue weighted by Gasteiger charge is -2.50. The van der Waals surface area contributed by atoms with Crippen LogP contribution in [0, 0.1) is 11.8 Å². The lowest BCUT2D eigenvalue weighted by molar-refractivity contribution is -0.129. The van der Waals surface area contributed by atoms with E-state index in [1.165, 1.54) is 36.5 Å². The van der Waals surface area contributed by atoms with Crippen LogP contribution in [0.1, 0.15) is 61.1 Å². The summed E-state index contributed by atoms with van der Waals surface area (Å²) >= 11 is 0. The van der Waals surface area contributed by atoms with Crippen molar-refractivity contribution < 1.29 is 13.9 Å². The molecule has 0 N–H and O–H groups in total. The minimum Gasteiger partial charge on any atom is -0.462 e. The third kappa shape index (κ3) is 3.56. The Morgan fingerprint density at radius 3 is 2.88 bits per heavy atom. The van der Waals surface area contributed by atoms with E-state index in [1.54, 1.807) is 0 Å². The van der Waals surface area contributed by atoms with Crippen LogP contribution in [-0.2, 0) is 16.0 Å². The highest BCUT2D eigenvalue weighted by atomic mass is 19.1. The van der Waals surface area contributed by atoms with E-state index in [0.29, 0.717) is 37.2 Å². The van der Waals surface area contributed by atoms with Crippen LogP contribution >= 0.6 is 0 Å². The number of allylic oxidation sites excluding steroid dienone is 2. The number of hydrogen-bond acceptors (Lipinski definition) is 6. The van der Waals surface area contributed by atoms with E-state index in [1.807, 2.05) is 11.0 Å². The second-order valence-electron chi connectivity index (χ2n) is 13.7. The number of rotatable bonds is 4. The van der Waals surface area contributed by atoms with Crippen molar-refractivity contribution in [2.75, 3.05) is 32.8 Å². The molecule has 1 amide bonds. The van der Waals surface area contributed by atoms with Crippen molar-refractivity contribution in [1.82, 2.24) is 14.7 Å². The van der Waals surface area contributed by atoms with Crippen LogP contribution in [0.5, 0.6) is 0 Å². The maximum absolute atomic E-state index is 16.8. The third-order valence-electron chi connectivity index (χ3n) is 11.7. The molecule has 8 heteroatoms. The Labute approximate surface area is 246 Å². The van der Waals surface area contributed by atoms with E-state index in [2.05, 4.69) is 40.7 Å². The van der Waals surface area contributed by atoms with Crippen LogP contribution in [-0.4, -0.2) is 88.9 Å². The molecule has 0 spiro atoms. The van der Waals surface area contributed by atoms with Gasteiger partial charge in [-0.15, -0.1) is 0 Å². The number of likely N-dealkylation sites (tertiary alicyclic amines) is 2. The van der Waals surface area contributed by atoms with Crippen molar-refractivity contribution in [2.24, 2.45) is 21.8 Å². The van der Waals surface area contributed by atoms with Gasteiger partial charge in [0, 0.05) is 18.7 Å². The van der Waals surface area contributed by atoms with Gasteiger partial charge in [0.1, 0.15) is 24.3 Å². The summed E-state index contributed by atoms with van der Waals surface area (Å²) in [7, 11) is 0. The molecule has 0 bridgehead atoms. The second-order valence-corrected chi connectivity index (χ2v) is 13.7.